The zero-order valence-corrected chi connectivity index (χ0v) is 11.1. The maximum absolute atomic E-state index is 12.6. The summed E-state index contributed by atoms with van der Waals surface area (Å²) in [5.74, 6) is 0.120. The molecule has 0 aromatic carbocycles. The molecule has 4 heteroatoms. The Morgan fingerprint density at radius 2 is 2.17 bits per heavy atom. The number of likely N-dealkylation sites (N-methyl/N-ethyl adjacent to an activating group) is 1. The Morgan fingerprint density at radius 3 is 2.83 bits per heavy atom. The number of nitrogens with one attached hydrogen (secondary N) is 1. The van der Waals surface area contributed by atoms with Crippen molar-refractivity contribution in [3.05, 3.63) is 30.1 Å². The molecule has 1 aliphatic rings. The van der Waals surface area contributed by atoms with E-state index in [9.17, 15) is 4.79 Å². The number of rotatable bonds is 3. The lowest BCUT2D eigenvalue weighted by atomic mass is 9.87. The minimum atomic E-state index is -0.0760. The molecule has 0 aliphatic carbocycles. The minimum absolute atomic E-state index is 0.0760. The molecule has 0 spiro atoms. The summed E-state index contributed by atoms with van der Waals surface area (Å²) in [6, 6.07) is 3.58. The summed E-state index contributed by atoms with van der Waals surface area (Å²) in [5.41, 5.74) is 0.655. The number of amides is 1. The van der Waals surface area contributed by atoms with E-state index in [4.69, 9.17) is 0 Å². The van der Waals surface area contributed by atoms with E-state index in [1.54, 1.807) is 24.5 Å². The summed E-state index contributed by atoms with van der Waals surface area (Å²) in [6.45, 7) is 3.85. The summed E-state index contributed by atoms with van der Waals surface area (Å²) in [4.78, 5) is 18.5. The van der Waals surface area contributed by atoms with Crippen LogP contribution in [-0.2, 0) is 0 Å². The molecule has 1 aliphatic heterocycles. The molecule has 0 bridgehead atoms. The highest BCUT2D eigenvalue weighted by Crippen LogP contribution is 2.28. The van der Waals surface area contributed by atoms with Gasteiger partial charge in [0.2, 0.25) is 0 Å². The first-order chi connectivity index (χ1) is 8.67. The largest absolute Gasteiger partial charge is 0.332 e. The number of hydrogen-bond acceptors (Lipinski definition) is 3. The number of carbonyl (C=O) groups is 1. The number of nitrogens with zero attached hydrogens (tertiary/aromatic N) is 2. The van der Waals surface area contributed by atoms with Gasteiger partial charge in [0.15, 0.2) is 0 Å². The van der Waals surface area contributed by atoms with Crippen LogP contribution >= 0.6 is 0 Å². The van der Waals surface area contributed by atoms with Crippen molar-refractivity contribution in [2.75, 3.05) is 20.1 Å². The highest BCUT2D eigenvalue weighted by molar-refractivity contribution is 5.94. The van der Waals surface area contributed by atoms with E-state index in [1.165, 1.54) is 6.42 Å². The van der Waals surface area contributed by atoms with E-state index >= 15 is 0 Å². The fraction of sp³-hybridized carbons (Fsp3) is 0.571. The number of carbonyl (C=O) groups excluding carboxylic acids is 1. The highest BCUT2D eigenvalue weighted by Gasteiger charge is 2.37. The van der Waals surface area contributed by atoms with E-state index in [0.717, 1.165) is 31.5 Å². The monoisotopic (exact) mass is 247 g/mol. The van der Waals surface area contributed by atoms with Crippen molar-refractivity contribution < 1.29 is 4.79 Å². The molecule has 1 atom stereocenters. The molecule has 98 valence electrons. The summed E-state index contributed by atoms with van der Waals surface area (Å²) < 4.78 is 0. The molecule has 1 aromatic heterocycles. The third-order valence-electron chi connectivity index (χ3n) is 3.73. The van der Waals surface area contributed by atoms with E-state index in [1.807, 2.05) is 11.9 Å². The standard InChI is InChI=1S/C14H21N3O/c1-14(11-15-2)7-3-4-10-17(14)13(18)12-5-8-16-9-6-12/h5-6,8-9,15H,3-4,7,10-11H2,1-2H3. The van der Waals surface area contributed by atoms with Gasteiger partial charge in [-0.1, -0.05) is 0 Å². The average molecular weight is 247 g/mol. The lowest BCUT2D eigenvalue weighted by molar-refractivity contribution is 0.0382. The lowest BCUT2D eigenvalue weighted by Gasteiger charge is -2.45. The summed E-state index contributed by atoms with van der Waals surface area (Å²) >= 11 is 0. The van der Waals surface area contributed by atoms with Gasteiger partial charge in [0.1, 0.15) is 0 Å². The Bertz CT molecular complexity index is 403. The van der Waals surface area contributed by atoms with Crippen molar-refractivity contribution in [3.8, 4) is 0 Å². The molecule has 2 heterocycles. The summed E-state index contributed by atoms with van der Waals surface area (Å²) in [6.07, 6.45) is 6.69. The van der Waals surface area contributed by atoms with Gasteiger partial charge in [-0.3, -0.25) is 9.78 Å². The first-order valence-corrected chi connectivity index (χ1v) is 6.54. The van der Waals surface area contributed by atoms with E-state index in [2.05, 4.69) is 17.2 Å². The molecule has 1 N–H and O–H groups in total. The first-order valence-electron chi connectivity index (χ1n) is 6.54. The van der Waals surface area contributed by atoms with Gasteiger partial charge in [0.05, 0.1) is 5.54 Å². The molecule has 0 radical (unpaired) electrons. The predicted octanol–water partition coefficient (Wildman–Crippen LogP) is 1.69. The molecule has 18 heavy (non-hydrogen) atoms. The number of piperidine rings is 1. The zero-order valence-electron chi connectivity index (χ0n) is 11.1. The van der Waals surface area contributed by atoms with E-state index in [-0.39, 0.29) is 11.4 Å². The van der Waals surface area contributed by atoms with Crippen molar-refractivity contribution in [1.29, 1.82) is 0 Å². The Labute approximate surface area is 108 Å². The van der Waals surface area contributed by atoms with Crippen LogP contribution in [0.5, 0.6) is 0 Å². The fourth-order valence-electron chi connectivity index (χ4n) is 2.74. The topological polar surface area (TPSA) is 45.2 Å². The Kier molecular flexibility index (Phi) is 3.97. The number of likely N-dealkylation sites (tertiary alicyclic amines) is 1. The quantitative estimate of drug-likeness (QED) is 0.884. The van der Waals surface area contributed by atoms with Crippen LogP contribution in [0.2, 0.25) is 0 Å². The molecule has 1 fully saturated rings. The third kappa shape index (κ3) is 2.53. The van der Waals surface area contributed by atoms with Crippen LogP contribution in [0.15, 0.2) is 24.5 Å². The molecular formula is C14H21N3O. The van der Waals surface area contributed by atoms with Crippen LogP contribution in [0, 0.1) is 0 Å². The molecule has 1 amide bonds. The molecule has 0 saturated carbocycles. The number of pyridine rings is 1. The molecule has 4 nitrogen and oxygen atoms in total. The second-order valence-corrected chi connectivity index (χ2v) is 5.18. The Hall–Kier alpha value is -1.42. The summed E-state index contributed by atoms with van der Waals surface area (Å²) in [5, 5.41) is 3.21. The van der Waals surface area contributed by atoms with Crippen LogP contribution in [0.1, 0.15) is 36.5 Å². The minimum Gasteiger partial charge on any atom is -0.332 e. The molecule has 1 aromatic rings. The van der Waals surface area contributed by atoms with Crippen molar-refractivity contribution >= 4 is 5.91 Å². The fourth-order valence-corrected chi connectivity index (χ4v) is 2.74. The summed E-state index contributed by atoms with van der Waals surface area (Å²) in [7, 11) is 1.94. The third-order valence-corrected chi connectivity index (χ3v) is 3.73. The SMILES string of the molecule is CNCC1(C)CCCCN1C(=O)c1ccncc1. The highest BCUT2D eigenvalue weighted by atomic mass is 16.2. The van der Waals surface area contributed by atoms with Gasteiger partial charge in [0.25, 0.3) is 5.91 Å². The van der Waals surface area contributed by atoms with Crippen LogP contribution in [0.3, 0.4) is 0 Å². The van der Waals surface area contributed by atoms with Crippen molar-refractivity contribution in [1.82, 2.24) is 15.2 Å². The van der Waals surface area contributed by atoms with Crippen molar-refractivity contribution in [2.45, 2.75) is 31.7 Å². The Morgan fingerprint density at radius 1 is 1.44 bits per heavy atom. The van der Waals surface area contributed by atoms with Crippen LogP contribution in [0.4, 0.5) is 0 Å². The molecule has 1 saturated heterocycles. The number of hydrogen-bond donors (Lipinski definition) is 1. The van der Waals surface area contributed by atoms with Crippen molar-refractivity contribution in [2.24, 2.45) is 0 Å². The van der Waals surface area contributed by atoms with Gasteiger partial charge in [-0.25, -0.2) is 0 Å². The van der Waals surface area contributed by atoms with Crippen LogP contribution in [0.25, 0.3) is 0 Å². The van der Waals surface area contributed by atoms with Gasteiger partial charge in [-0.05, 0) is 45.4 Å². The smallest absolute Gasteiger partial charge is 0.254 e. The maximum Gasteiger partial charge on any atom is 0.254 e. The maximum atomic E-state index is 12.6. The van der Waals surface area contributed by atoms with Crippen molar-refractivity contribution in [3.63, 3.8) is 0 Å². The second-order valence-electron chi connectivity index (χ2n) is 5.18. The van der Waals surface area contributed by atoms with E-state index < -0.39 is 0 Å². The van der Waals surface area contributed by atoms with Gasteiger partial charge < -0.3 is 10.2 Å². The van der Waals surface area contributed by atoms with E-state index in [0.29, 0.717) is 0 Å². The first kappa shape index (κ1) is 13.0. The van der Waals surface area contributed by atoms with Gasteiger partial charge >= 0.3 is 0 Å². The normalized spacial score (nSPS) is 24.0. The zero-order chi connectivity index (χ0) is 13.0. The lowest BCUT2D eigenvalue weighted by Crippen LogP contribution is -2.57. The average Bonchev–Trinajstić information content (AvgIpc) is 2.39. The Balaban J connectivity index is 2.21. The van der Waals surface area contributed by atoms with Gasteiger partial charge in [0, 0.05) is 31.0 Å². The van der Waals surface area contributed by atoms with Gasteiger partial charge in [-0.2, -0.15) is 0 Å². The molecule has 2 rings (SSSR count). The predicted molar refractivity (Wildman–Crippen MR) is 71.5 cm³/mol. The van der Waals surface area contributed by atoms with Gasteiger partial charge in [-0.15, -0.1) is 0 Å². The molecular weight excluding hydrogens is 226 g/mol. The molecule has 1 unspecified atom stereocenters. The van der Waals surface area contributed by atoms with Crippen LogP contribution in [-0.4, -0.2) is 41.5 Å². The van der Waals surface area contributed by atoms with Crippen LogP contribution < -0.4 is 5.32 Å². The number of aromatic nitrogens is 1. The second kappa shape index (κ2) is 5.48.